The first-order chi connectivity index (χ1) is 13.0. The van der Waals surface area contributed by atoms with Crippen LogP contribution in [0.2, 0.25) is 0 Å². The van der Waals surface area contributed by atoms with Crippen LogP contribution in [0, 0.1) is 10.1 Å². The summed E-state index contributed by atoms with van der Waals surface area (Å²) in [7, 11) is 0. The van der Waals surface area contributed by atoms with Gasteiger partial charge in [-0.2, -0.15) is 0 Å². The quantitative estimate of drug-likeness (QED) is 0.239. The van der Waals surface area contributed by atoms with Crippen LogP contribution in [0.15, 0.2) is 77.3 Å². The van der Waals surface area contributed by atoms with Gasteiger partial charge in [-0.25, -0.2) is 4.79 Å². The Hall–Kier alpha value is -3.19. The van der Waals surface area contributed by atoms with Crippen molar-refractivity contribution in [3.63, 3.8) is 0 Å². The second kappa shape index (κ2) is 8.46. The molecule has 3 rings (SSSR count). The number of para-hydroxylation sites is 2. The number of benzene rings is 3. The third-order valence-electron chi connectivity index (χ3n) is 3.67. The minimum Gasteiger partial charge on any atom is -0.475 e. The van der Waals surface area contributed by atoms with Crippen LogP contribution in [0.1, 0.15) is 0 Å². The smallest absolute Gasteiger partial charge is 0.349 e. The van der Waals surface area contributed by atoms with E-state index in [1.54, 1.807) is 12.1 Å². The molecule has 0 aliphatic heterocycles. The van der Waals surface area contributed by atoms with Gasteiger partial charge in [-0.15, -0.1) is 0 Å². The molecule has 0 N–H and O–H groups in total. The number of nitrogens with zero attached hydrogens (tertiary/aromatic N) is 1. The molecule has 0 aliphatic rings. The molecule has 0 fully saturated rings. The van der Waals surface area contributed by atoms with Gasteiger partial charge in [0.15, 0.2) is 12.4 Å². The van der Waals surface area contributed by atoms with Crippen LogP contribution in [0.3, 0.4) is 0 Å². The lowest BCUT2D eigenvalue weighted by Gasteiger charge is -2.10. The van der Waals surface area contributed by atoms with Crippen molar-refractivity contribution in [3.8, 4) is 22.6 Å². The Morgan fingerprint density at radius 1 is 0.926 bits per heavy atom. The maximum absolute atomic E-state index is 12.0. The second-order valence-electron chi connectivity index (χ2n) is 5.50. The molecular weight excluding hydrogens is 414 g/mol. The van der Waals surface area contributed by atoms with Crippen molar-refractivity contribution in [2.24, 2.45) is 0 Å². The van der Waals surface area contributed by atoms with Gasteiger partial charge in [0.25, 0.3) is 0 Å². The number of hydrogen-bond donors (Lipinski definition) is 0. The van der Waals surface area contributed by atoms with Gasteiger partial charge >= 0.3 is 11.7 Å². The summed E-state index contributed by atoms with van der Waals surface area (Å²) in [6.07, 6.45) is 0. The number of esters is 1. The zero-order valence-electron chi connectivity index (χ0n) is 14.0. The Bertz CT molecular complexity index is 975. The van der Waals surface area contributed by atoms with E-state index in [1.165, 1.54) is 18.2 Å². The summed E-state index contributed by atoms with van der Waals surface area (Å²) < 4.78 is 11.1. The van der Waals surface area contributed by atoms with Crippen molar-refractivity contribution < 1.29 is 19.2 Å². The molecule has 0 unspecified atom stereocenters. The van der Waals surface area contributed by atoms with Crippen LogP contribution in [0.5, 0.6) is 11.5 Å². The number of nitro benzene ring substituents is 1. The van der Waals surface area contributed by atoms with Crippen LogP contribution in [0.25, 0.3) is 11.1 Å². The average molecular weight is 428 g/mol. The van der Waals surface area contributed by atoms with Crippen LogP contribution in [-0.2, 0) is 4.79 Å². The summed E-state index contributed by atoms with van der Waals surface area (Å²) in [5.41, 5.74) is 1.80. The van der Waals surface area contributed by atoms with E-state index in [0.29, 0.717) is 10.2 Å². The molecule has 6 nitrogen and oxygen atoms in total. The number of hydrogen-bond acceptors (Lipinski definition) is 5. The fourth-order valence-electron chi connectivity index (χ4n) is 2.41. The van der Waals surface area contributed by atoms with Gasteiger partial charge in [0.2, 0.25) is 0 Å². The lowest BCUT2D eigenvalue weighted by atomic mass is 10.1. The van der Waals surface area contributed by atoms with E-state index in [2.05, 4.69) is 15.9 Å². The monoisotopic (exact) mass is 427 g/mol. The number of nitro groups is 1. The Kier molecular flexibility index (Phi) is 5.83. The molecule has 0 saturated carbocycles. The van der Waals surface area contributed by atoms with Gasteiger partial charge in [-0.1, -0.05) is 48.5 Å². The van der Waals surface area contributed by atoms with Crippen LogP contribution < -0.4 is 9.47 Å². The minimum absolute atomic E-state index is 0.0120. The molecule has 136 valence electrons. The van der Waals surface area contributed by atoms with Gasteiger partial charge in [-0.05, 0) is 45.3 Å². The van der Waals surface area contributed by atoms with Crippen molar-refractivity contribution in [2.45, 2.75) is 0 Å². The fourth-order valence-corrected chi connectivity index (χ4v) is 2.87. The molecule has 0 heterocycles. The van der Waals surface area contributed by atoms with Crippen LogP contribution in [0.4, 0.5) is 5.69 Å². The van der Waals surface area contributed by atoms with E-state index < -0.39 is 17.5 Å². The lowest BCUT2D eigenvalue weighted by molar-refractivity contribution is -0.385. The SMILES string of the molecule is O=C(COc1ccccc1[N+](=O)[O-])Oc1ccc(-c2ccccc2)cc1Br. The summed E-state index contributed by atoms with van der Waals surface area (Å²) in [6.45, 7) is -0.447. The summed E-state index contributed by atoms with van der Waals surface area (Å²) in [5.74, 6) is -0.315. The first kappa shape index (κ1) is 18.6. The number of ether oxygens (including phenoxy) is 2. The zero-order chi connectivity index (χ0) is 19.2. The van der Waals surface area contributed by atoms with Gasteiger partial charge in [-0.3, -0.25) is 10.1 Å². The third-order valence-corrected chi connectivity index (χ3v) is 4.29. The van der Waals surface area contributed by atoms with E-state index in [9.17, 15) is 14.9 Å². The summed E-state index contributed by atoms with van der Waals surface area (Å²) in [6, 6.07) is 21.0. The standard InChI is InChI=1S/C20H14BrNO5/c21-16-12-15(14-6-2-1-3-7-14)10-11-18(16)27-20(23)13-26-19-9-5-4-8-17(19)22(24)25/h1-12H,13H2. The Morgan fingerprint density at radius 3 is 2.33 bits per heavy atom. The molecule has 0 radical (unpaired) electrons. The highest BCUT2D eigenvalue weighted by Gasteiger charge is 2.16. The lowest BCUT2D eigenvalue weighted by Crippen LogP contribution is -2.18. The van der Waals surface area contributed by atoms with E-state index in [-0.39, 0.29) is 11.4 Å². The van der Waals surface area contributed by atoms with Gasteiger partial charge in [0, 0.05) is 6.07 Å². The molecular formula is C20H14BrNO5. The minimum atomic E-state index is -0.665. The third kappa shape index (κ3) is 4.71. The molecule has 0 bridgehead atoms. The summed E-state index contributed by atoms with van der Waals surface area (Å²) in [4.78, 5) is 22.4. The van der Waals surface area contributed by atoms with E-state index in [1.807, 2.05) is 42.5 Å². The van der Waals surface area contributed by atoms with Gasteiger partial charge in [0.1, 0.15) is 5.75 Å². The molecule has 0 aromatic heterocycles. The highest BCUT2D eigenvalue weighted by molar-refractivity contribution is 9.10. The molecule has 0 saturated heterocycles. The Labute approximate surface area is 163 Å². The molecule has 7 heteroatoms. The number of rotatable bonds is 6. The summed E-state index contributed by atoms with van der Waals surface area (Å²) >= 11 is 3.39. The Morgan fingerprint density at radius 2 is 1.63 bits per heavy atom. The zero-order valence-corrected chi connectivity index (χ0v) is 15.6. The normalized spacial score (nSPS) is 10.3. The molecule has 0 spiro atoms. The fraction of sp³-hybridized carbons (Fsp3) is 0.0500. The predicted molar refractivity (Wildman–Crippen MR) is 104 cm³/mol. The Balaban J connectivity index is 1.66. The second-order valence-corrected chi connectivity index (χ2v) is 6.35. The molecule has 3 aromatic carbocycles. The van der Waals surface area contributed by atoms with Crippen LogP contribution >= 0.6 is 15.9 Å². The van der Waals surface area contributed by atoms with E-state index in [4.69, 9.17) is 9.47 Å². The average Bonchev–Trinajstić information content (AvgIpc) is 2.68. The predicted octanol–water partition coefficient (Wildman–Crippen LogP) is 5.01. The maximum atomic E-state index is 12.0. The maximum Gasteiger partial charge on any atom is 0.349 e. The number of carbonyl (C=O) groups excluding carboxylic acids is 1. The van der Waals surface area contributed by atoms with Gasteiger partial charge in [0.05, 0.1) is 9.40 Å². The first-order valence-electron chi connectivity index (χ1n) is 7.96. The van der Waals surface area contributed by atoms with Crippen molar-refractivity contribution in [1.82, 2.24) is 0 Å². The van der Waals surface area contributed by atoms with Crippen molar-refractivity contribution in [3.05, 3.63) is 87.4 Å². The van der Waals surface area contributed by atoms with Crippen molar-refractivity contribution in [1.29, 1.82) is 0 Å². The molecule has 3 aromatic rings. The highest BCUT2D eigenvalue weighted by Crippen LogP contribution is 2.31. The van der Waals surface area contributed by atoms with E-state index >= 15 is 0 Å². The number of halogens is 1. The largest absolute Gasteiger partial charge is 0.475 e. The van der Waals surface area contributed by atoms with Gasteiger partial charge < -0.3 is 9.47 Å². The molecule has 0 amide bonds. The summed E-state index contributed by atoms with van der Waals surface area (Å²) in [5, 5.41) is 11.0. The molecule has 27 heavy (non-hydrogen) atoms. The number of carbonyl (C=O) groups is 1. The highest BCUT2D eigenvalue weighted by atomic mass is 79.9. The molecule has 0 aliphatic carbocycles. The first-order valence-corrected chi connectivity index (χ1v) is 8.76. The van der Waals surface area contributed by atoms with Crippen LogP contribution in [-0.4, -0.2) is 17.5 Å². The topological polar surface area (TPSA) is 78.7 Å². The van der Waals surface area contributed by atoms with E-state index in [0.717, 1.165) is 11.1 Å². The van der Waals surface area contributed by atoms with Crippen molar-refractivity contribution in [2.75, 3.05) is 6.61 Å². The molecule has 0 atom stereocenters. The van der Waals surface area contributed by atoms with Crippen molar-refractivity contribution >= 4 is 27.6 Å².